The van der Waals surface area contributed by atoms with Gasteiger partial charge in [0.1, 0.15) is 42.0 Å². The number of hydrogen-bond acceptors (Lipinski definition) is 18. The third kappa shape index (κ3) is 17.2. The van der Waals surface area contributed by atoms with Gasteiger partial charge in [-0.1, -0.05) is 70.2 Å². The molecular formula is C46H70N7O19P3. The summed E-state index contributed by atoms with van der Waals surface area (Å²) in [4.78, 5) is 101. The van der Waals surface area contributed by atoms with Crippen LogP contribution in [0.3, 0.4) is 0 Å². The Kier molecular flexibility index (Phi) is 20.5. The van der Waals surface area contributed by atoms with Crippen molar-refractivity contribution in [3.05, 3.63) is 48.0 Å². The Hall–Kier alpha value is -4.10. The van der Waals surface area contributed by atoms with Crippen molar-refractivity contribution in [3.63, 3.8) is 0 Å². The van der Waals surface area contributed by atoms with E-state index in [1.807, 2.05) is 0 Å². The highest BCUT2D eigenvalue weighted by atomic mass is 31.3. The summed E-state index contributed by atoms with van der Waals surface area (Å²) in [7, 11) is -16.5. The predicted octanol–water partition coefficient (Wildman–Crippen LogP) is 4.31. The van der Waals surface area contributed by atoms with E-state index >= 15 is 0 Å². The molecule has 418 valence electrons. The summed E-state index contributed by atoms with van der Waals surface area (Å²) in [5.41, 5.74) is 6.19. The summed E-state index contributed by atoms with van der Waals surface area (Å²) < 4.78 is 62.7. The fraction of sp³-hybridized carbons (Fsp3) is 0.674. The van der Waals surface area contributed by atoms with Gasteiger partial charge < -0.3 is 56.0 Å². The molecule has 0 radical (unpaired) electrons. The Morgan fingerprint density at radius 3 is 2.04 bits per heavy atom. The first-order valence-electron chi connectivity index (χ1n) is 25.0. The van der Waals surface area contributed by atoms with Gasteiger partial charge in [0, 0.05) is 36.8 Å². The SMILES string of the molecule is CC(C)(COP(=O)(O)OP(=O)(O)OCC1OC(n2cnc3c(N)ncnc32)C(O)C1OP(=O)(O)O)C(O)C(=O)NCCC(=O)NCCC(=O)C1(CCCCCCc2ccccc2CCCCCC2(C(=O)O)CC2)CC1. The number of amides is 2. The maximum absolute atomic E-state index is 13.1. The van der Waals surface area contributed by atoms with Crippen molar-refractivity contribution in [1.82, 2.24) is 30.2 Å². The molecule has 11 N–H and O–H groups in total. The maximum atomic E-state index is 13.1. The van der Waals surface area contributed by atoms with Crippen LogP contribution < -0.4 is 16.4 Å². The van der Waals surface area contributed by atoms with E-state index in [0.29, 0.717) is 0 Å². The van der Waals surface area contributed by atoms with E-state index < -0.39 is 95.9 Å². The molecule has 1 aromatic carbocycles. The molecule has 3 fully saturated rings. The predicted molar refractivity (Wildman–Crippen MR) is 266 cm³/mol. The average Bonchev–Trinajstić information content (AvgIpc) is 4.25. The number of unbranched alkanes of at least 4 members (excludes halogenated alkanes) is 5. The van der Waals surface area contributed by atoms with Gasteiger partial charge in [0.15, 0.2) is 17.7 Å². The van der Waals surface area contributed by atoms with Crippen LogP contribution >= 0.6 is 23.5 Å². The number of fused-ring (bicyclic) bond motifs is 1. The second-order valence-corrected chi connectivity index (χ2v) is 24.6. The molecule has 29 heteroatoms. The molecule has 1 aliphatic heterocycles. The number of aliphatic hydroxyl groups excluding tert-OH is 2. The number of nitrogens with zero attached hydrogens (tertiary/aromatic N) is 4. The van der Waals surface area contributed by atoms with Gasteiger partial charge in [-0.15, -0.1) is 0 Å². The number of aromatic nitrogens is 4. The lowest BCUT2D eigenvalue weighted by Gasteiger charge is -2.30. The number of anilines is 1. The number of phosphoric acid groups is 3. The number of carboxylic acids is 1. The van der Waals surface area contributed by atoms with Crippen LogP contribution in [0.1, 0.15) is 128 Å². The number of nitrogens with two attached hydrogens (primary N) is 1. The third-order valence-electron chi connectivity index (χ3n) is 14.1. The van der Waals surface area contributed by atoms with Crippen LogP contribution in [-0.2, 0) is 68.3 Å². The maximum Gasteiger partial charge on any atom is 0.481 e. The highest BCUT2D eigenvalue weighted by Gasteiger charge is 2.51. The number of nitrogens with one attached hydrogen (secondary N) is 2. The number of imidazole rings is 1. The Morgan fingerprint density at radius 2 is 1.43 bits per heavy atom. The Morgan fingerprint density at radius 1 is 0.840 bits per heavy atom. The first kappa shape index (κ1) is 60.1. The number of carbonyl (C=O) groups excluding carboxylic acids is 3. The zero-order valence-corrected chi connectivity index (χ0v) is 44.6. The van der Waals surface area contributed by atoms with Crippen LogP contribution in [0.25, 0.3) is 11.2 Å². The van der Waals surface area contributed by atoms with Crippen molar-refractivity contribution in [2.45, 2.75) is 154 Å². The second kappa shape index (κ2) is 25.6. The van der Waals surface area contributed by atoms with Gasteiger partial charge in [-0.25, -0.2) is 28.6 Å². The standard InChI is InChI=1S/C46H70N7O19P3/c1-44(2,27-69-75(66,67)72-74(64,65)68-26-32-37(71-73(61,62)63)36(56)42(70-32)53-29-52-35-39(47)50-28-51-40(35)53)38(57)41(58)49-25-17-34(55)48-24-16-33(54)45(20-21-45)18-10-4-3-6-12-30-14-8-9-15-31(30)13-7-5-11-19-46(22-23-46)43(59)60/h8-9,14-15,28-29,32,36-38,42,56-57H,3-7,10-13,16-27H2,1-2H3,(H,48,55)(H,49,58)(H,59,60)(H,64,65)(H,66,67)(H2,47,50,51)(H2,61,62,63). The smallest absolute Gasteiger partial charge is 0.481 e. The van der Waals surface area contributed by atoms with E-state index in [0.717, 1.165) is 114 Å². The molecule has 7 atom stereocenters. The molecular weight excluding hydrogens is 1050 g/mol. The molecule has 2 aromatic heterocycles. The van der Waals surface area contributed by atoms with Crippen molar-refractivity contribution in [1.29, 1.82) is 0 Å². The highest BCUT2D eigenvalue weighted by Crippen LogP contribution is 2.61. The van der Waals surface area contributed by atoms with Gasteiger partial charge in [0.2, 0.25) is 11.8 Å². The molecule has 2 saturated carbocycles. The number of aliphatic hydroxyl groups is 2. The Labute approximate surface area is 433 Å². The van der Waals surface area contributed by atoms with Crippen LogP contribution in [0.15, 0.2) is 36.9 Å². The Balaban J connectivity index is 0.834. The zero-order chi connectivity index (χ0) is 54.8. The quantitative estimate of drug-likeness (QED) is 0.0294. The average molecular weight is 1120 g/mol. The summed E-state index contributed by atoms with van der Waals surface area (Å²) in [6, 6.07) is 8.51. The molecule has 0 bridgehead atoms. The van der Waals surface area contributed by atoms with E-state index in [-0.39, 0.29) is 54.1 Å². The molecule has 1 saturated heterocycles. The number of phosphoric ester groups is 3. The van der Waals surface area contributed by atoms with Crippen LogP contribution in [0.5, 0.6) is 0 Å². The largest absolute Gasteiger partial charge is 0.481 e. The minimum absolute atomic E-state index is 0.0276. The van der Waals surface area contributed by atoms with Crippen LogP contribution in [0, 0.1) is 16.2 Å². The number of benzene rings is 1. The first-order chi connectivity index (χ1) is 35.3. The van der Waals surface area contributed by atoms with Crippen molar-refractivity contribution in [2.24, 2.45) is 16.2 Å². The lowest BCUT2D eigenvalue weighted by atomic mass is 9.87. The molecule has 75 heavy (non-hydrogen) atoms. The summed E-state index contributed by atoms with van der Waals surface area (Å²) >= 11 is 0. The first-order valence-corrected chi connectivity index (χ1v) is 29.5. The summed E-state index contributed by atoms with van der Waals surface area (Å²) in [5, 5.41) is 36.2. The zero-order valence-electron chi connectivity index (χ0n) is 41.9. The molecule has 7 unspecified atom stereocenters. The second-order valence-electron chi connectivity index (χ2n) is 20.4. The van der Waals surface area contributed by atoms with E-state index in [4.69, 9.17) is 19.5 Å². The molecule has 3 aromatic rings. The fourth-order valence-electron chi connectivity index (χ4n) is 9.19. The Bertz CT molecular complexity index is 2620. The lowest BCUT2D eigenvalue weighted by molar-refractivity contribution is -0.143. The number of aryl methyl sites for hydroxylation is 2. The number of nitrogen functional groups attached to an aromatic ring is 1. The van der Waals surface area contributed by atoms with Crippen molar-refractivity contribution in [2.75, 3.05) is 32.0 Å². The van der Waals surface area contributed by atoms with Crippen LogP contribution in [0.2, 0.25) is 0 Å². The molecule has 26 nitrogen and oxygen atoms in total. The highest BCUT2D eigenvalue weighted by molar-refractivity contribution is 7.61. The van der Waals surface area contributed by atoms with E-state index in [1.165, 1.54) is 25.0 Å². The fourth-order valence-corrected chi connectivity index (χ4v) is 12.0. The minimum atomic E-state index is -5.60. The molecule has 6 rings (SSSR count). The number of ketones is 1. The molecule has 3 aliphatic rings. The normalized spacial score (nSPS) is 22.0. The number of hydrogen-bond donors (Lipinski definition) is 10. The lowest BCUT2D eigenvalue weighted by Crippen LogP contribution is -2.46. The summed E-state index contributed by atoms with van der Waals surface area (Å²) in [6.07, 6.45) is 7.08. The van der Waals surface area contributed by atoms with Crippen molar-refractivity contribution < 1.29 is 90.4 Å². The number of Topliss-reactive ketones (excluding diaryl/α,β-unsaturated/α-hetero) is 1. The van der Waals surface area contributed by atoms with Gasteiger partial charge >= 0.3 is 29.4 Å². The number of rotatable bonds is 34. The van der Waals surface area contributed by atoms with Crippen LogP contribution in [-0.4, -0.2) is 129 Å². The van der Waals surface area contributed by atoms with E-state index in [9.17, 15) is 67.8 Å². The summed E-state index contributed by atoms with van der Waals surface area (Å²) in [6.45, 7) is 0.396. The van der Waals surface area contributed by atoms with Gasteiger partial charge in [-0.05, 0) is 75.3 Å². The molecule has 0 spiro atoms. The minimum Gasteiger partial charge on any atom is -0.481 e. The van der Waals surface area contributed by atoms with Gasteiger partial charge in [0.05, 0.1) is 25.0 Å². The van der Waals surface area contributed by atoms with Gasteiger partial charge in [-0.2, -0.15) is 4.31 Å². The number of carbonyl (C=O) groups is 4. The molecule has 2 amide bonds. The number of carboxylic acid groups (broad SMARTS) is 1. The van der Waals surface area contributed by atoms with Crippen molar-refractivity contribution in [3.8, 4) is 0 Å². The van der Waals surface area contributed by atoms with E-state index in [1.54, 1.807) is 0 Å². The van der Waals surface area contributed by atoms with Crippen LogP contribution in [0.4, 0.5) is 5.82 Å². The van der Waals surface area contributed by atoms with Crippen molar-refractivity contribution >= 4 is 64.0 Å². The summed E-state index contributed by atoms with van der Waals surface area (Å²) in [5.74, 6) is -2.01. The van der Waals surface area contributed by atoms with Gasteiger partial charge in [0.25, 0.3) is 0 Å². The number of aliphatic carboxylic acids is 1. The molecule has 2 aliphatic carbocycles. The molecule has 3 heterocycles. The van der Waals surface area contributed by atoms with E-state index in [2.05, 4.69) is 58.7 Å². The number of ether oxygens (including phenoxy) is 1. The topological polar surface area (TPSA) is 401 Å². The third-order valence-corrected chi connectivity index (χ3v) is 17.2. The van der Waals surface area contributed by atoms with Gasteiger partial charge in [-0.3, -0.25) is 37.3 Å². The monoisotopic (exact) mass is 1120 g/mol.